The van der Waals surface area contributed by atoms with Crippen molar-refractivity contribution in [2.24, 2.45) is 10.7 Å². The van der Waals surface area contributed by atoms with Gasteiger partial charge in [0.15, 0.2) is 5.78 Å². The lowest BCUT2D eigenvalue weighted by Gasteiger charge is -2.22. The summed E-state index contributed by atoms with van der Waals surface area (Å²) in [6.07, 6.45) is 5.17. The van der Waals surface area contributed by atoms with Crippen LogP contribution in [-0.4, -0.2) is 36.3 Å². The maximum Gasteiger partial charge on any atom is 0.404 e. The Morgan fingerprint density at radius 3 is 2.62 bits per heavy atom. The maximum atomic E-state index is 12.3. The van der Waals surface area contributed by atoms with Crippen LogP contribution < -0.4 is 5.73 Å². The van der Waals surface area contributed by atoms with E-state index in [1.165, 1.54) is 6.21 Å². The number of nitrogens with two attached hydrogens (primary N) is 1. The van der Waals surface area contributed by atoms with Gasteiger partial charge >= 0.3 is 6.09 Å². The number of nitrogens with zero attached hydrogens (tertiary/aromatic N) is 1. The predicted molar refractivity (Wildman–Crippen MR) is 100 cm³/mol. The second-order valence-electron chi connectivity index (χ2n) is 6.42. The van der Waals surface area contributed by atoms with Gasteiger partial charge in [-0.2, -0.15) is 0 Å². The van der Waals surface area contributed by atoms with Crippen LogP contribution in [0.4, 0.5) is 4.79 Å². The predicted octanol–water partition coefficient (Wildman–Crippen LogP) is 3.67. The summed E-state index contributed by atoms with van der Waals surface area (Å²) in [5, 5.41) is 10.2. The molecule has 140 valence electrons. The van der Waals surface area contributed by atoms with Gasteiger partial charge in [-0.15, -0.1) is 0 Å². The fourth-order valence-electron chi connectivity index (χ4n) is 3.00. The Hall–Kier alpha value is -2.63. The van der Waals surface area contributed by atoms with E-state index in [9.17, 15) is 14.7 Å². The number of benzene rings is 1. The summed E-state index contributed by atoms with van der Waals surface area (Å²) in [5.41, 5.74) is 6.29. The molecule has 0 saturated heterocycles. The second-order valence-corrected chi connectivity index (χ2v) is 6.42. The first-order valence-electron chi connectivity index (χ1n) is 9.00. The smallest absolute Gasteiger partial charge is 0.404 e. The molecule has 0 bridgehead atoms. The summed E-state index contributed by atoms with van der Waals surface area (Å²) in [4.78, 5) is 27.0. The number of ketones is 1. The third-order valence-electron chi connectivity index (χ3n) is 4.40. The first-order chi connectivity index (χ1) is 12.6. The maximum absolute atomic E-state index is 12.3. The number of Topliss-reactive ketones (excluding diaryl/α,β-unsaturated/α-hetero) is 1. The molecule has 0 spiro atoms. The molecule has 1 aromatic carbocycles. The molecule has 1 aliphatic rings. The number of ether oxygens (including phenoxy) is 1. The number of hydrogen-bond acceptors (Lipinski definition) is 5. The number of aliphatic hydroxyl groups excluding tert-OH is 1. The van der Waals surface area contributed by atoms with Gasteiger partial charge in [0, 0.05) is 25.6 Å². The molecule has 0 aliphatic heterocycles. The monoisotopic (exact) mass is 358 g/mol. The molecule has 0 heterocycles. The fourth-order valence-corrected chi connectivity index (χ4v) is 3.00. The van der Waals surface area contributed by atoms with Crippen molar-refractivity contribution in [3.8, 4) is 0 Å². The minimum absolute atomic E-state index is 0.0310. The summed E-state index contributed by atoms with van der Waals surface area (Å²) in [6.45, 7) is 0.944. The molecule has 0 saturated carbocycles. The van der Waals surface area contributed by atoms with E-state index in [0.29, 0.717) is 31.6 Å². The summed E-state index contributed by atoms with van der Waals surface area (Å²) in [6, 6.07) is 9.79. The highest BCUT2D eigenvalue weighted by Crippen LogP contribution is 2.32. The fraction of sp³-hybridized carbons (Fsp3) is 0.450. The van der Waals surface area contributed by atoms with Gasteiger partial charge < -0.3 is 15.6 Å². The molecule has 1 unspecified atom stereocenters. The first kappa shape index (κ1) is 19.7. The van der Waals surface area contributed by atoms with Gasteiger partial charge in [0.2, 0.25) is 0 Å². The number of carbonyl (C=O) groups excluding carboxylic acids is 2. The molecule has 0 fully saturated rings. The average Bonchev–Trinajstić information content (AvgIpc) is 2.62. The van der Waals surface area contributed by atoms with Crippen LogP contribution in [-0.2, 0) is 9.53 Å². The minimum atomic E-state index is -0.741. The van der Waals surface area contributed by atoms with Crippen molar-refractivity contribution >= 4 is 18.1 Å². The van der Waals surface area contributed by atoms with E-state index in [0.717, 1.165) is 31.2 Å². The van der Waals surface area contributed by atoms with Gasteiger partial charge in [0.25, 0.3) is 0 Å². The lowest BCUT2D eigenvalue weighted by atomic mass is 9.83. The van der Waals surface area contributed by atoms with E-state index < -0.39 is 6.09 Å². The number of unbranched alkanes of at least 4 members (excludes halogenated alkanes) is 3. The van der Waals surface area contributed by atoms with E-state index in [-0.39, 0.29) is 17.5 Å². The number of primary amides is 1. The van der Waals surface area contributed by atoms with Crippen molar-refractivity contribution in [3.63, 3.8) is 0 Å². The van der Waals surface area contributed by atoms with Gasteiger partial charge in [-0.25, -0.2) is 4.79 Å². The summed E-state index contributed by atoms with van der Waals surface area (Å²) >= 11 is 0. The molecule has 3 N–H and O–H groups in total. The molecule has 1 aliphatic carbocycles. The van der Waals surface area contributed by atoms with Gasteiger partial charge in [-0.3, -0.25) is 9.79 Å². The van der Waals surface area contributed by atoms with E-state index in [1.807, 2.05) is 30.3 Å². The quantitative estimate of drug-likeness (QED) is 0.519. The van der Waals surface area contributed by atoms with Crippen LogP contribution >= 0.6 is 0 Å². The Bertz CT molecular complexity index is 668. The van der Waals surface area contributed by atoms with Crippen LogP contribution in [0.3, 0.4) is 0 Å². The minimum Gasteiger partial charge on any atom is -0.511 e. The van der Waals surface area contributed by atoms with Crippen molar-refractivity contribution in [2.75, 3.05) is 13.2 Å². The lowest BCUT2D eigenvalue weighted by Crippen LogP contribution is -2.19. The van der Waals surface area contributed by atoms with Crippen molar-refractivity contribution < 1.29 is 19.4 Å². The van der Waals surface area contributed by atoms with E-state index in [4.69, 9.17) is 5.73 Å². The van der Waals surface area contributed by atoms with Crippen molar-refractivity contribution in [3.05, 3.63) is 47.2 Å². The van der Waals surface area contributed by atoms with E-state index in [2.05, 4.69) is 9.73 Å². The number of amides is 1. The molecule has 6 heteroatoms. The number of allylic oxidation sites excluding steroid dienone is 2. The molecule has 1 aromatic rings. The van der Waals surface area contributed by atoms with Crippen LogP contribution in [0.1, 0.15) is 50.0 Å². The van der Waals surface area contributed by atoms with Crippen molar-refractivity contribution in [1.29, 1.82) is 0 Å². The zero-order valence-electron chi connectivity index (χ0n) is 14.9. The molecule has 1 amide bonds. The molecule has 0 aromatic heterocycles. The average molecular weight is 358 g/mol. The zero-order chi connectivity index (χ0) is 18.8. The van der Waals surface area contributed by atoms with Crippen LogP contribution in [0.5, 0.6) is 0 Å². The highest BCUT2D eigenvalue weighted by molar-refractivity contribution is 6.14. The van der Waals surface area contributed by atoms with Gasteiger partial charge in [0.05, 0.1) is 12.2 Å². The Morgan fingerprint density at radius 2 is 1.92 bits per heavy atom. The molecular weight excluding hydrogens is 332 g/mol. The SMILES string of the molecule is NC(=O)OCCCCCCN=CC1=C(O)CC(c2ccccc2)CC1=O. The Morgan fingerprint density at radius 1 is 1.19 bits per heavy atom. The lowest BCUT2D eigenvalue weighted by molar-refractivity contribution is -0.116. The first-order valence-corrected chi connectivity index (χ1v) is 9.00. The number of aliphatic imine (C=N–C) groups is 1. The number of hydrogen-bond donors (Lipinski definition) is 2. The molecule has 0 radical (unpaired) electrons. The molecule has 6 nitrogen and oxygen atoms in total. The third kappa shape index (κ3) is 6.35. The van der Waals surface area contributed by atoms with Crippen molar-refractivity contribution in [2.45, 2.75) is 44.4 Å². The number of rotatable bonds is 9. The Balaban J connectivity index is 1.74. The Labute approximate surface area is 153 Å². The Kier molecular flexibility index (Phi) is 7.86. The molecule has 2 rings (SSSR count). The molecule has 26 heavy (non-hydrogen) atoms. The van der Waals surface area contributed by atoms with Crippen LogP contribution in [0.25, 0.3) is 0 Å². The highest BCUT2D eigenvalue weighted by Gasteiger charge is 2.27. The largest absolute Gasteiger partial charge is 0.511 e. The van der Waals surface area contributed by atoms with Crippen molar-refractivity contribution in [1.82, 2.24) is 0 Å². The number of aliphatic hydroxyl groups is 1. The van der Waals surface area contributed by atoms with E-state index >= 15 is 0 Å². The summed E-state index contributed by atoms with van der Waals surface area (Å²) in [5.74, 6) is 0.0980. The molecule has 1 atom stereocenters. The van der Waals surface area contributed by atoms with Gasteiger partial charge in [0.1, 0.15) is 5.76 Å². The van der Waals surface area contributed by atoms with Gasteiger partial charge in [-0.05, 0) is 30.7 Å². The summed E-state index contributed by atoms with van der Waals surface area (Å²) < 4.78 is 4.65. The normalized spacial score (nSPS) is 17.7. The zero-order valence-corrected chi connectivity index (χ0v) is 14.9. The van der Waals surface area contributed by atoms with Crippen LogP contribution in [0.2, 0.25) is 0 Å². The van der Waals surface area contributed by atoms with Crippen LogP contribution in [0.15, 0.2) is 46.7 Å². The van der Waals surface area contributed by atoms with E-state index in [1.54, 1.807) is 0 Å². The number of carbonyl (C=O) groups is 2. The standard InChI is InChI=1S/C20H26N2O4/c21-20(25)26-11-7-2-1-6-10-22-14-17-18(23)12-16(13-19(17)24)15-8-4-3-5-9-15/h3-5,8-9,14,16,23H,1-2,6-7,10-13H2,(H2,21,25). The highest BCUT2D eigenvalue weighted by atomic mass is 16.5. The topological polar surface area (TPSA) is 102 Å². The second kappa shape index (κ2) is 10.4. The van der Waals surface area contributed by atoms with Gasteiger partial charge in [-0.1, -0.05) is 36.8 Å². The third-order valence-corrected chi connectivity index (χ3v) is 4.40. The van der Waals surface area contributed by atoms with Crippen LogP contribution in [0, 0.1) is 0 Å². The summed E-state index contributed by atoms with van der Waals surface area (Å²) in [7, 11) is 0. The molecular formula is C20H26N2O4.